The fourth-order valence-electron chi connectivity index (χ4n) is 1.43. The fourth-order valence-corrected chi connectivity index (χ4v) is 1.43. The molecule has 1 saturated heterocycles. The van der Waals surface area contributed by atoms with E-state index in [0.717, 1.165) is 6.42 Å². The van der Waals surface area contributed by atoms with Crippen molar-refractivity contribution in [3.63, 3.8) is 0 Å². The van der Waals surface area contributed by atoms with Gasteiger partial charge in [-0.15, -0.1) is 0 Å². The van der Waals surface area contributed by atoms with Crippen molar-refractivity contribution in [2.45, 2.75) is 18.6 Å². The standard InChI is InChI=1S/C10H12O2/c11-7-6-9-10(12-9)8-4-2-1-3-5-8/h1-5,9-11H,6-7H2. The van der Waals surface area contributed by atoms with E-state index in [1.54, 1.807) is 0 Å². The summed E-state index contributed by atoms with van der Waals surface area (Å²) in [6, 6.07) is 10.1. The molecule has 1 aromatic carbocycles. The van der Waals surface area contributed by atoms with E-state index in [1.165, 1.54) is 5.56 Å². The minimum atomic E-state index is 0.216. The lowest BCUT2D eigenvalue weighted by Gasteiger charge is -1.92. The molecule has 12 heavy (non-hydrogen) atoms. The average molecular weight is 164 g/mol. The second kappa shape index (κ2) is 3.25. The molecular weight excluding hydrogens is 152 g/mol. The Hall–Kier alpha value is -0.860. The van der Waals surface area contributed by atoms with E-state index in [-0.39, 0.29) is 18.8 Å². The Bertz CT molecular complexity index is 245. The van der Waals surface area contributed by atoms with Gasteiger partial charge in [0.2, 0.25) is 0 Å². The zero-order chi connectivity index (χ0) is 8.39. The van der Waals surface area contributed by atoms with E-state index in [2.05, 4.69) is 12.1 Å². The maximum Gasteiger partial charge on any atom is 0.109 e. The zero-order valence-corrected chi connectivity index (χ0v) is 6.81. The molecule has 1 aliphatic rings. The molecule has 2 atom stereocenters. The molecule has 2 nitrogen and oxygen atoms in total. The molecule has 1 N–H and O–H groups in total. The number of ether oxygens (including phenoxy) is 1. The number of epoxide rings is 1. The van der Waals surface area contributed by atoms with Crippen LogP contribution in [-0.4, -0.2) is 17.8 Å². The smallest absolute Gasteiger partial charge is 0.109 e. The van der Waals surface area contributed by atoms with Crippen molar-refractivity contribution >= 4 is 0 Å². The number of benzene rings is 1. The summed E-state index contributed by atoms with van der Waals surface area (Å²) in [6.45, 7) is 0.216. The summed E-state index contributed by atoms with van der Waals surface area (Å²) in [6.07, 6.45) is 1.23. The highest BCUT2D eigenvalue weighted by atomic mass is 16.6. The van der Waals surface area contributed by atoms with Crippen LogP contribution >= 0.6 is 0 Å². The molecule has 2 rings (SSSR count). The van der Waals surface area contributed by atoms with Crippen LogP contribution in [0.4, 0.5) is 0 Å². The van der Waals surface area contributed by atoms with E-state index in [0.29, 0.717) is 0 Å². The predicted octanol–water partition coefficient (Wildman–Crippen LogP) is 1.51. The molecule has 64 valence electrons. The fraction of sp³-hybridized carbons (Fsp3) is 0.400. The number of aliphatic hydroxyl groups excluding tert-OH is 1. The SMILES string of the molecule is OCCC1OC1c1ccccc1. The Kier molecular flexibility index (Phi) is 2.11. The highest BCUT2D eigenvalue weighted by Crippen LogP contribution is 2.40. The normalized spacial score (nSPS) is 27.1. The summed E-state index contributed by atoms with van der Waals surface area (Å²) in [7, 11) is 0. The quantitative estimate of drug-likeness (QED) is 0.687. The first-order valence-electron chi connectivity index (χ1n) is 4.23. The Morgan fingerprint density at radius 2 is 2.00 bits per heavy atom. The van der Waals surface area contributed by atoms with Crippen molar-refractivity contribution in [2.75, 3.05) is 6.61 Å². The summed E-state index contributed by atoms with van der Waals surface area (Å²) in [5, 5.41) is 8.66. The van der Waals surface area contributed by atoms with Crippen LogP contribution in [0, 0.1) is 0 Å². The van der Waals surface area contributed by atoms with Crippen LogP contribution in [0.2, 0.25) is 0 Å². The number of hydrogen-bond donors (Lipinski definition) is 1. The summed E-state index contributed by atoms with van der Waals surface area (Å²) >= 11 is 0. The first-order chi connectivity index (χ1) is 5.92. The van der Waals surface area contributed by atoms with Crippen LogP contribution in [0.15, 0.2) is 30.3 Å². The molecule has 1 fully saturated rings. The van der Waals surface area contributed by atoms with Gasteiger partial charge in [0.05, 0.1) is 6.10 Å². The molecule has 0 aliphatic carbocycles. The van der Waals surface area contributed by atoms with Crippen LogP contribution in [0.1, 0.15) is 18.1 Å². The predicted molar refractivity (Wildman–Crippen MR) is 45.8 cm³/mol. The van der Waals surface area contributed by atoms with Gasteiger partial charge >= 0.3 is 0 Å². The molecule has 0 aromatic heterocycles. The van der Waals surface area contributed by atoms with Crippen LogP contribution in [0.3, 0.4) is 0 Å². The Labute approximate surface area is 71.8 Å². The summed E-state index contributed by atoms with van der Waals surface area (Å²) < 4.78 is 5.38. The van der Waals surface area contributed by atoms with Crippen molar-refractivity contribution in [2.24, 2.45) is 0 Å². The first-order valence-corrected chi connectivity index (χ1v) is 4.23. The van der Waals surface area contributed by atoms with Gasteiger partial charge in [0.1, 0.15) is 6.10 Å². The minimum Gasteiger partial charge on any atom is -0.396 e. The molecule has 0 spiro atoms. The van der Waals surface area contributed by atoms with Gasteiger partial charge in [-0.25, -0.2) is 0 Å². The van der Waals surface area contributed by atoms with Crippen molar-refractivity contribution in [1.29, 1.82) is 0 Å². The molecular formula is C10H12O2. The van der Waals surface area contributed by atoms with Gasteiger partial charge in [0.15, 0.2) is 0 Å². The van der Waals surface area contributed by atoms with Crippen LogP contribution < -0.4 is 0 Å². The van der Waals surface area contributed by atoms with E-state index in [4.69, 9.17) is 9.84 Å². The molecule has 0 saturated carbocycles. The highest BCUT2D eigenvalue weighted by Gasteiger charge is 2.38. The maximum absolute atomic E-state index is 8.66. The molecule has 2 unspecified atom stereocenters. The Morgan fingerprint density at radius 3 is 2.67 bits per heavy atom. The van der Waals surface area contributed by atoms with Crippen molar-refractivity contribution in [3.8, 4) is 0 Å². The maximum atomic E-state index is 8.66. The van der Waals surface area contributed by atoms with Crippen LogP contribution in [0.25, 0.3) is 0 Å². The summed E-state index contributed by atoms with van der Waals surface area (Å²) in [4.78, 5) is 0. The molecule has 2 heteroatoms. The third-order valence-corrected chi connectivity index (χ3v) is 2.12. The van der Waals surface area contributed by atoms with Crippen molar-refractivity contribution in [1.82, 2.24) is 0 Å². The van der Waals surface area contributed by atoms with Crippen molar-refractivity contribution in [3.05, 3.63) is 35.9 Å². The third-order valence-electron chi connectivity index (χ3n) is 2.12. The summed E-state index contributed by atoms with van der Waals surface area (Å²) in [5.41, 5.74) is 1.22. The Morgan fingerprint density at radius 1 is 1.25 bits per heavy atom. The minimum absolute atomic E-state index is 0.216. The van der Waals surface area contributed by atoms with Crippen LogP contribution in [0.5, 0.6) is 0 Å². The van der Waals surface area contributed by atoms with Gasteiger partial charge in [-0.1, -0.05) is 30.3 Å². The number of hydrogen-bond acceptors (Lipinski definition) is 2. The largest absolute Gasteiger partial charge is 0.396 e. The van der Waals surface area contributed by atoms with E-state index < -0.39 is 0 Å². The van der Waals surface area contributed by atoms with Crippen molar-refractivity contribution < 1.29 is 9.84 Å². The summed E-state index contributed by atoms with van der Waals surface area (Å²) in [5.74, 6) is 0. The third kappa shape index (κ3) is 1.49. The topological polar surface area (TPSA) is 32.8 Å². The van der Waals surface area contributed by atoms with Gasteiger partial charge in [0.25, 0.3) is 0 Å². The second-order valence-electron chi connectivity index (χ2n) is 3.02. The molecule has 0 radical (unpaired) electrons. The lowest BCUT2D eigenvalue weighted by Crippen LogP contribution is -1.92. The molecule has 0 bridgehead atoms. The highest BCUT2D eigenvalue weighted by molar-refractivity contribution is 5.22. The number of rotatable bonds is 3. The van der Waals surface area contributed by atoms with E-state index >= 15 is 0 Å². The van der Waals surface area contributed by atoms with Gasteiger partial charge in [0, 0.05) is 6.61 Å². The molecule has 1 aliphatic heterocycles. The van der Waals surface area contributed by atoms with E-state index in [9.17, 15) is 0 Å². The second-order valence-corrected chi connectivity index (χ2v) is 3.02. The van der Waals surface area contributed by atoms with Gasteiger partial charge in [-0.05, 0) is 12.0 Å². The lowest BCUT2D eigenvalue weighted by atomic mass is 10.1. The molecule has 1 aromatic rings. The first kappa shape index (κ1) is 7.77. The van der Waals surface area contributed by atoms with Gasteiger partial charge in [-0.3, -0.25) is 0 Å². The van der Waals surface area contributed by atoms with E-state index in [1.807, 2.05) is 18.2 Å². The molecule has 1 heterocycles. The molecule has 0 amide bonds. The average Bonchev–Trinajstić information content (AvgIpc) is 2.87. The van der Waals surface area contributed by atoms with Gasteiger partial charge in [-0.2, -0.15) is 0 Å². The number of aliphatic hydroxyl groups is 1. The van der Waals surface area contributed by atoms with Gasteiger partial charge < -0.3 is 9.84 Å². The van der Waals surface area contributed by atoms with Crippen LogP contribution in [-0.2, 0) is 4.74 Å². The lowest BCUT2D eigenvalue weighted by molar-refractivity contribution is 0.262. The zero-order valence-electron chi connectivity index (χ0n) is 6.81. The monoisotopic (exact) mass is 164 g/mol. The Balaban J connectivity index is 1.97.